The van der Waals surface area contributed by atoms with Gasteiger partial charge in [-0.15, -0.1) is 11.3 Å². The number of benzene rings is 1. The van der Waals surface area contributed by atoms with Crippen LogP contribution in [0.2, 0.25) is 0 Å². The van der Waals surface area contributed by atoms with E-state index in [2.05, 4.69) is 4.98 Å². The number of hydrogen-bond donors (Lipinski definition) is 0. The second-order valence-electron chi connectivity index (χ2n) is 5.46. The lowest BCUT2D eigenvalue weighted by Crippen LogP contribution is -2.19. The molecule has 128 valence electrons. The largest absolute Gasteiger partial charge is 0.486 e. The summed E-state index contributed by atoms with van der Waals surface area (Å²) in [6.45, 7) is 0.993. The number of aromatic nitrogens is 2. The van der Waals surface area contributed by atoms with Crippen LogP contribution in [0.3, 0.4) is 0 Å². The van der Waals surface area contributed by atoms with E-state index in [1.165, 1.54) is 27.7 Å². The summed E-state index contributed by atoms with van der Waals surface area (Å²) in [6, 6.07) is 6.99. The minimum Gasteiger partial charge on any atom is -0.486 e. The molecule has 0 amide bonds. The fraction of sp³-hybridized carbons (Fsp3) is 0.235. The van der Waals surface area contributed by atoms with Crippen molar-refractivity contribution in [2.24, 2.45) is 7.05 Å². The molecule has 0 unspecified atom stereocenters. The van der Waals surface area contributed by atoms with Gasteiger partial charge in [0.25, 0.3) is 5.56 Å². The molecule has 0 fully saturated rings. The zero-order valence-electron chi connectivity index (χ0n) is 13.4. The van der Waals surface area contributed by atoms with Gasteiger partial charge in [-0.05, 0) is 29.6 Å². The van der Waals surface area contributed by atoms with Gasteiger partial charge in [-0.3, -0.25) is 14.2 Å². The summed E-state index contributed by atoms with van der Waals surface area (Å²) >= 11 is 2.63. The van der Waals surface area contributed by atoms with Crippen LogP contribution in [0.4, 0.5) is 0 Å². The standard InChI is InChI=1S/C17H14N2O4S2/c1-19-16(21)15-11(4-7-24-15)18-17(19)25-9-12(20)10-2-3-13-14(8-10)23-6-5-22-13/h2-4,7-8H,5-6,9H2,1H3. The molecule has 2 aromatic heterocycles. The fourth-order valence-electron chi connectivity index (χ4n) is 2.53. The van der Waals surface area contributed by atoms with Gasteiger partial charge in [0.15, 0.2) is 22.4 Å². The van der Waals surface area contributed by atoms with Crippen molar-refractivity contribution >= 4 is 39.1 Å². The highest BCUT2D eigenvalue weighted by molar-refractivity contribution is 7.99. The molecular formula is C17H14N2O4S2. The number of nitrogens with zero attached hydrogens (tertiary/aromatic N) is 2. The third-order valence-corrected chi connectivity index (χ3v) is 5.76. The number of Topliss-reactive ketones (excluding diaryl/α,β-unsaturated/α-hetero) is 1. The number of thioether (sulfide) groups is 1. The maximum absolute atomic E-state index is 12.5. The molecule has 0 bridgehead atoms. The number of carbonyl (C=O) groups is 1. The average Bonchev–Trinajstić information content (AvgIpc) is 3.11. The van der Waals surface area contributed by atoms with Gasteiger partial charge in [0, 0.05) is 12.6 Å². The van der Waals surface area contributed by atoms with E-state index in [9.17, 15) is 9.59 Å². The number of carbonyl (C=O) groups excluding carboxylic acids is 1. The molecule has 4 rings (SSSR count). The average molecular weight is 374 g/mol. The van der Waals surface area contributed by atoms with Gasteiger partial charge in [0.1, 0.15) is 17.9 Å². The minimum absolute atomic E-state index is 0.0540. The second kappa shape index (κ2) is 6.53. The molecule has 1 aliphatic rings. The molecule has 6 nitrogen and oxygen atoms in total. The summed E-state index contributed by atoms with van der Waals surface area (Å²) in [4.78, 5) is 29.2. The lowest BCUT2D eigenvalue weighted by Gasteiger charge is -2.18. The molecule has 0 saturated heterocycles. The highest BCUT2D eigenvalue weighted by atomic mass is 32.2. The maximum Gasteiger partial charge on any atom is 0.271 e. The molecule has 3 heterocycles. The van der Waals surface area contributed by atoms with Crippen LogP contribution in [0.5, 0.6) is 11.5 Å². The first-order chi connectivity index (χ1) is 12.1. The van der Waals surface area contributed by atoms with E-state index in [1.807, 2.05) is 11.4 Å². The molecule has 3 aromatic rings. The van der Waals surface area contributed by atoms with E-state index in [1.54, 1.807) is 25.2 Å². The number of fused-ring (bicyclic) bond motifs is 2. The van der Waals surface area contributed by atoms with Crippen LogP contribution >= 0.6 is 23.1 Å². The van der Waals surface area contributed by atoms with E-state index in [-0.39, 0.29) is 17.1 Å². The van der Waals surface area contributed by atoms with Crippen LogP contribution in [-0.2, 0) is 7.05 Å². The molecule has 1 aromatic carbocycles. The summed E-state index contributed by atoms with van der Waals surface area (Å²) in [7, 11) is 1.67. The van der Waals surface area contributed by atoms with Gasteiger partial charge < -0.3 is 9.47 Å². The first-order valence-corrected chi connectivity index (χ1v) is 9.50. The number of rotatable bonds is 4. The molecule has 0 saturated carbocycles. The van der Waals surface area contributed by atoms with Crippen LogP contribution < -0.4 is 15.0 Å². The third kappa shape index (κ3) is 3.03. The van der Waals surface area contributed by atoms with Crippen molar-refractivity contribution in [3.8, 4) is 11.5 Å². The summed E-state index contributed by atoms with van der Waals surface area (Å²) in [5.74, 6) is 1.38. The van der Waals surface area contributed by atoms with Gasteiger partial charge >= 0.3 is 0 Å². The first kappa shape index (κ1) is 16.2. The van der Waals surface area contributed by atoms with Gasteiger partial charge in [-0.25, -0.2) is 4.98 Å². The maximum atomic E-state index is 12.5. The summed E-state index contributed by atoms with van der Waals surface area (Å²) < 4.78 is 13.1. The highest BCUT2D eigenvalue weighted by Gasteiger charge is 2.16. The van der Waals surface area contributed by atoms with Gasteiger partial charge in [0.05, 0.1) is 11.3 Å². The molecule has 0 aliphatic carbocycles. The smallest absolute Gasteiger partial charge is 0.271 e. The zero-order valence-corrected chi connectivity index (χ0v) is 15.0. The Labute approximate surface area is 151 Å². The Bertz CT molecular complexity index is 1030. The molecule has 0 atom stereocenters. The molecular weight excluding hydrogens is 360 g/mol. The second-order valence-corrected chi connectivity index (χ2v) is 7.32. The number of hydrogen-bond acceptors (Lipinski definition) is 7. The van der Waals surface area contributed by atoms with Crippen LogP contribution in [0, 0.1) is 0 Å². The van der Waals surface area contributed by atoms with Crippen molar-refractivity contribution in [1.29, 1.82) is 0 Å². The Morgan fingerprint density at radius 1 is 1.28 bits per heavy atom. The lowest BCUT2D eigenvalue weighted by atomic mass is 10.1. The van der Waals surface area contributed by atoms with Gasteiger partial charge in [-0.1, -0.05) is 11.8 Å². The SMILES string of the molecule is Cn1c(SCC(=O)c2ccc3c(c2)OCCO3)nc2ccsc2c1=O. The van der Waals surface area contributed by atoms with Crippen molar-refractivity contribution < 1.29 is 14.3 Å². The first-order valence-electron chi connectivity index (χ1n) is 7.63. The lowest BCUT2D eigenvalue weighted by molar-refractivity contribution is 0.102. The Balaban J connectivity index is 1.54. The molecule has 0 radical (unpaired) electrons. The predicted molar refractivity (Wildman–Crippen MR) is 97.3 cm³/mol. The monoisotopic (exact) mass is 374 g/mol. The minimum atomic E-state index is -0.0886. The van der Waals surface area contributed by atoms with Crippen molar-refractivity contribution in [2.75, 3.05) is 19.0 Å². The number of ether oxygens (including phenoxy) is 2. The summed E-state index contributed by atoms with van der Waals surface area (Å²) in [5, 5.41) is 2.37. The van der Waals surface area contributed by atoms with Crippen molar-refractivity contribution in [3.05, 3.63) is 45.6 Å². The van der Waals surface area contributed by atoms with Crippen LogP contribution in [0.1, 0.15) is 10.4 Å². The van der Waals surface area contributed by atoms with E-state index in [0.29, 0.717) is 45.6 Å². The van der Waals surface area contributed by atoms with Crippen LogP contribution in [0.25, 0.3) is 10.2 Å². The van der Waals surface area contributed by atoms with Crippen LogP contribution in [-0.4, -0.2) is 34.3 Å². The van der Waals surface area contributed by atoms with E-state index >= 15 is 0 Å². The van der Waals surface area contributed by atoms with Crippen molar-refractivity contribution in [3.63, 3.8) is 0 Å². The Kier molecular flexibility index (Phi) is 4.22. The van der Waals surface area contributed by atoms with Crippen molar-refractivity contribution in [2.45, 2.75) is 5.16 Å². The third-order valence-electron chi connectivity index (χ3n) is 3.84. The molecule has 8 heteroatoms. The van der Waals surface area contributed by atoms with Gasteiger partial charge in [0.2, 0.25) is 0 Å². The highest BCUT2D eigenvalue weighted by Crippen LogP contribution is 2.31. The number of ketones is 1. The molecule has 0 spiro atoms. The van der Waals surface area contributed by atoms with E-state index in [4.69, 9.17) is 9.47 Å². The Hall–Kier alpha value is -2.32. The zero-order chi connectivity index (χ0) is 17.4. The molecule has 0 N–H and O–H groups in total. The number of thiophene rings is 1. The fourth-order valence-corrected chi connectivity index (χ4v) is 4.20. The Morgan fingerprint density at radius 2 is 2.08 bits per heavy atom. The van der Waals surface area contributed by atoms with E-state index < -0.39 is 0 Å². The summed E-state index contributed by atoms with van der Waals surface area (Å²) in [6.07, 6.45) is 0. The van der Waals surface area contributed by atoms with Crippen molar-refractivity contribution in [1.82, 2.24) is 9.55 Å². The van der Waals surface area contributed by atoms with Crippen LogP contribution in [0.15, 0.2) is 39.6 Å². The Morgan fingerprint density at radius 3 is 2.92 bits per heavy atom. The quantitative estimate of drug-likeness (QED) is 0.397. The predicted octanol–water partition coefficient (Wildman–Crippen LogP) is 2.74. The molecule has 25 heavy (non-hydrogen) atoms. The summed E-state index contributed by atoms with van der Waals surface area (Å²) in [5.41, 5.74) is 1.13. The van der Waals surface area contributed by atoms with Gasteiger partial charge in [-0.2, -0.15) is 0 Å². The normalized spacial score (nSPS) is 13.2. The molecule has 1 aliphatic heterocycles. The topological polar surface area (TPSA) is 70.4 Å². The van der Waals surface area contributed by atoms with E-state index in [0.717, 1.165) is 0 Å².